The highest BCUT2D eigenvalue weighted by molar-refractivity contribution is 5.54. The van der Waals surface area contributed by atoms with Crippen molar-refractivity contribution in [3.8, 4) is 0 Å². The highest BCUT2D eigenvalue weighted by Gasteiger charge is 2.26. The molecule has 1 aromatic carbocycles. The first-order valence-corrected chi connectivity index (χ1v) is 6.85. The summed E-state index contributed by atoms with van der Waals surface area (Å²) in [7, 11) is 2.06. The molecule has 2 N–H and O–H groups in total. The summed E-state index contributed by atoms with van der Waals surface area (Å²) in [4.78, 5) is 2.50. The molecule has 0 aliphatic carbocycles. The van der Waals surface area contributed by atoms with Crippen molar-refractivity contribution < 1.29 is 4.57 Å². The highest BCUT2D eigenvalue weighted by Crippen LogP contribution is 2.27. The fourth-order valence-corrected chi connectivity index (χ4v) is 2.88. The molecule has 19 heavy (non-hydrogen) atoms. The number of hydrogen-bond donors (Lipinski definition) is 1. The maximum Gasteiger partial charge on any atom is 0.243 e. The van der Waals surface area contributed by atoms with E-state index in [1.807, 2.05) is 12.1 Å². The topological polar surface area (TPSA) is 38.1 Å². The van der Waals surface area contributed by atoms with Gasteiger partial charge in [0.2, 0.25) is 6.33 Å². The van der Waals surface area contributed by atoms with Crippen molar-refractivity contribution in [2.45, 2.75) is 25.4 Å². The van der Waals surface area contributed by atoms with Crippen LogP contribution < -0.4 is 15.2 Å². The van der Waals surface area contributed by atoms with Crippen molar-refractivity contribution in [3.63, 3.8) is 0 Å². The summed E-state index contributed by atoms with van der Waals surface area (Å²) in [6.45, 7) is 2.19. The molecule has 1 aliphatic heterocycles. The first-order valence-electron chi connectivity index (χ1n) is 6.85. The maximum absolute atomic E-state index is 5.76. The molecule has 1 atom stereocenters. The number of nitrogen functional groups attached to an aromatic ring is 1. The largest absolute Gasteiger partial charge is 0.399 e. The molecule has 1 unspecified atom stereocenters. The summed E-state index contributed by atoms with van der Waals surface area (Å²) in [5.41, 5.74) is 7.88. The summed E-state index contributed by atoms with van der Waals surface area (Å²) in [6.07, 6.45) is 8.89. The lowest BCUT2D eigenvalue weighted by Crippen LogP contribution is -2.33. The monoisotopic (exact) mass is 257 g/mol. The third-order valence-electron chi connectivity index (χ3n) is 3.85. The molecule has 3 rings (SSSR count). The number of imidazole rings is 1. The zero-order valence-corrected chi connectivity index (χ0v) is 11.4. The van der Waals surface area contributed by atoms with Crippen LogP contribution in [0.3, 0.4) is 0 Å². The van der Waals surface area contributed by atoms with Gasteiger partial charge in [0.1, 0.15) is 18.9 Å². The van der Waals surface area contributed by atoms with Crippen molar-refractivity contribution in [3.05, 3.63) is 43.0 Å². The van der Waals surface area contributed by atoms with E-state index in [0.717, 1.165) is 18.8 Å². The zero-order valence-electron chi connectivity index (χ0n) is 11.4. The summed E-state index contributed by atoms with van der Waals surface area (Å²) in [5, 5.41) is 0. The predicted molar refractivity (Wildman–Crippen MR) is 76.8 cm³/mol. The average molecular weight is 257 g/mol. The van der Waals surface area contributed by atoms with Gasteiger partial charge < -0.3 is 10.6 Å². The lowest BCUT2D eigenvalue weighted by Gasteiger charge is -2.25. The minimum Gasteiger partial charge on any atom is -0.399 e. The van der Waals surface area contributed by atoms with Crippen molar-refractivity contribution >= 4 is 11.4 Å². The van der Waals surface area contributed by atoms with E-state index < -0.39 is 0 Å². The molecular formula is C15H21N4+. The van der Waals surface area contributed by atoms with Gasteiger partial charge in [-0.2, -0.15) is 0 Å². The van der Waals surface area contributed by atoms with Crippen molar-refractivity contribution in [2.75, 3.05) is 17.2 Å². The molecule has 0 amide bonds. The Morgan fingerprint density at radius 2 is 2.11 bits per heavy atom. The molecule has 2 heterocycles. The molecule has 2 aromatic rings. The summed E-state index contributed by atoms with van der Waals surface area (Å²) < 4.78 is 4.35. The molecule has 0 saturated carbocycles. The van der Waals surface area contributed by atoms with Crippen LogP contribution in [0.25, 0.3) is 0 Å². The van der Waals surface area contributed by atoms with Gasteiger partial charge in [0.25, 0.3) is 0 Å². The van der Waals surface area contributed by atoms with Gasteiger partial charge in [-0.05, 0) is 37.1 Å². The second kappa shape index (κ2) is 4.96. The molecule has 1 fully saturated rings. The summed E-state index contributed by atoms with van der Waals surface area (Å²) in [6, 6.07) is 8.81. The van der Waals surface area contributed by atoms with Crippen LogP contribution in [0.15, 0.2) is 43.0 Å². The molecule has 0 bridgehead atoms. The van der Waals surface area contributed by atoms with Crippen LogP contribution in [-0.2, 0) is 13.6 Å². The fourth-order valence-electron chi connectivity index (χ4n) is 2.88. The van der Waals surface area contributed by atoms with Crippen LogP contribution in [-0.4, -0.2) is 17.2 Å². The molecule has 1 saturated heterocycles. The number of benzene rings is 1. The van der Waals surface area contributed by atoms with Crippen molar-refractivity contribution in [2.24, 2.45) is 7.05 Å². The van der Waals surface area contributed by atoms with E-state index in [2.05, 4.69) is 51.9 Å². The average Bonchev–Trinajstić information content (AvgIpc) is 3.00. The standard InChI is InChI=1S/C15H21N4/c1-17-9-10-18(12-17)11-15-3-2-8-19(15)14-6-4-13(16)5-7-14/h4-7,9-10,12,15H,2-3,8,11,16H2,1H3/q+1. The number of nitrogens with two attached hydrogens (primary N) is 1. The van der Waals surface area contributed by atoms with E-state index in [4.69, 9.17) is 5.73 Å². The Balaban J connectivity index is 1.76. The van der Waals surface area contributed by atoms with E-state index in [9.17, 15) is 0 Å². The Kier molecular flexibility index (Phi) is 3.15. The SMILES string of the molecule is C[n+]1ccn(CC2CCCN2c2ccc(N)cc2)c1. The second-order valence-corrected chi connectivity index (χ2v) is 5.36. The fraction of sp³-hybridized carbons (Fsp3) is 0.400. The van der Waals surface area contributed by atoms with Crippen molar-refractivity contribution in [1.82, 2.24) is 4.57 Å². The lowest BCUT2D eigenvalue weighted by atomic mass is 10.2. The molecule has 100 valence electrons. The van der Waals surface area contributed by atoms with Gasteiger partial charge >= 0.3 is 0 Å². The van der Waals surface area contributed by atoms with E-state index in [-0.39, 0.29) is 0 Å². The number of aryl methyl sites for hydroxylation is 1. The first kappa shape index (κ1) is 12.1. The third kappa shape index (κ3) is 2.57. The Bertz CT molecular complexity index is 544. The minimum absolute atomic E-state index is 0.580. The smallest absolute Gasteiger partial charge is 0.243 e. The summed E-state index contributed by atoms with van der Waals surface area (Å²) >= 11 is 0. The number of anilines is 2. The quantitative estimate of drug-likeness (QED) is 0.669. The number of aromatic nitrogens is 2. The predicted octanol–water partition coefficient (Wildman–Crippen LogP) is 1.56. The molecule has 0 spiro atoms. The van der Waals surface area contributed by atoms with Crippen LogP contribution in [0.5, 0.6) is 0 Å². The van der Waals surface area contributed by atoms with Crippen LogP contribution in [0.2, 0.25) is 0 Å². The number of nitrogens with zero attached hydrogens (tertiary/aromatic N) is 3. The molecular weight excluding hydrogens is 236 g/mol. The Morgan fingerprint density at radius 3 is 2.79 bits per heavy atom. The normalized spacial score (nSPS) is 19.0. The first-order chi connectivity index (χ1) is 9.22. The van der Waals surface area contributed by atoms with Crippen LogP contribution in [0, 0.1) is 0 Å². The molecule has 1 aliphatic rings. The summed E-state index contributed by atoms with van der Waals surface area (Å²) in [5.74, 6) is 0. The highest BCUT2D eigenvalue weighted by atomic mass is 15.2. The van der Waals surface area contributed by atoms with Gasteiger partial charge in [0.05, 0.1) is 13.1 Å². The van der Waals surface area contributed by atoms with Crippen LogP contribution >= 0.6 is 0 Å². The molecule has 0 radical (unpaired) electrons. The van der Waals surface area contributed by atoms with Crippen molar-refractivity contribution in [1.29, 1.82) is 0 Å². The zero-order chi connectivity index (χ0) is 13.2. The van der Waals surface area contributed by atoms with Gasteiger partial charge in [0, 0.05) is 17.9 Å². The number of rotatable bonds is 3. The van der Waals surface area contributed by atoms with Gasteiger partial charge in [-0.3, -0.25) is 0 Å². The lowest BCUT2D eigenvalue weighted by molar-refractivity contribution is -0.671. The Morgan fingerprint density at radius 1 is 1.32 bits per heavy atom. The van der Waals surface area contributed by atoms with Gasteiger partial charge in [-0.1, -0.05) is 0 Å². The van der Waals surface area contributed by atoms with E-state index in [0.29, 0.717) is 6.04 Å². The van der Waals surface area contributed by atoms with E-state index in [1.165, 1.54) is 18.5 Å². The minimum atomic E-state index is 0.580. The number of hydrogen-bond acceptors (Lipinski definition) is 2. The van der Waals surface area contributed by atoms with Crippen LogP contribution in [0.4, 0.5) is 11.4 Å². The third-order valence-corrected chi connectivity index (χ3v) is 3.85. The maximum atomic E-state index is 5.76. The van der Waals surface area contributed by atoms with Crippen LogP contribution in [0.1, 0.15) is 12.8 Å². The van der Waals surface area contributed by atoms with Gasteiger partial charge in [-0.25, -0.2) is 9.13 Å². The molecule has 4 heteroatoms. The molecule has 4 nitrogen and oxygen atoms in total. The second-order valence-electron chi connectivity index (χ2n) is 5.36. The van der Waals surface area contributed by atoms with Gasteiger partial charge in [-0.15, -0.1) is 0 Å². The van der Waals surface area contributed by atoms with Gasteiger partial charge in [0.15, 0.2) is 0 Å². The van der Waals surface area contributed by atoms with E-state index in [1.54, 1.807) is 0 Å². The Labute approximate surface area is 114 Å². The Hall–Kier alpha value is -1.97. The van der Waals surface area contributed by atoms with E-state index >= 15 is 0 Å². The molecule has 1 aromatic heterocycles.